The van der Waals surface area contributed by atoms with Crippen LogP contribution < -0.4 is 0 Å². The van der Waals surface area contributed by atoms with Gasteiger partial charge in [0.05, 0.1) is 51.6 Å². The van der Waals surface area contributed by atoms with Gasteiger partial charge < -0.3 is 9.13 Å². The number of halogens is 3. The second-order valence-electron chi connectivity index (χ2n) is 16.7. The summed E-state index contributed by atoms with van der Waals surface area (Å²) in [6, 6.07) is 63.6. The summed E-state index contributed by atoms with van der Waals surface area (Å²) in [7, 11) is 0. The highest BCUT2D eigenvalue weighted by Crippen LogP contribution is 2.45. The van der Waals surface area contributed by atoms with Crippen molar-refractivity contribution in [2.45, 2.75) is 20.0 Å². The Kier molecular flexibility index (Phi) is 9.46. The van der Waals surface area contributed by atoms with Crippen LogP contribution in [0.5, 0.6) is 0 Å². The average Bonchev–Trinajstić information content (AvgIpc) is 3.85. The molecule has 2 heterocycles. The van der Waals surface area contributed by atoms with Crippen LogP contribution in [0.4, 0.5) is 18.9 Å². The van der Waals surface area contributed by atoms with Gasteiger partial charge in [0, 0.05) is 38.2 Å². The average molecular weight is 859 g/mol. The van der Waals surface area contributed by atoms with Crippen molar-refractivity contribution in [3.8, 4) is 62.0 Å². The number of nitrogens with zero attached hydrogens (tertiary/aromatic N) is 4. The number of para-hydroxylation sites is 2. The number of aryl methyl sites for hydroxylation is 2. The molecule has 0 spiro atoms. The zero-order valence-electron chi connectivity index (χ0n) is 35.8. The summed E-state index contributed by atoms with van der Waals surface area (Å²) in [4.78, 5) is 3.60. The van der Waals surface area contributed by atoms with E-state index in [1.165, 1.54) is 11.6 Å². The molecular weight excluding hydrogens is 822 g/mol. The van der Waals surface area contributed by atoms with Gasteiger partial charge in [0.15, 0.2) is 5.69 Å². The topological polar surface area (TPSA) is 38.0 Å². The summed E-state index contributed by atoms with van der Waals surface area (Å²) in [5.74, 6) is 0. The predicted octanol–water partition coefficient (Wildman–Crippen LogP) is 16.6. The van der Waals surface area contributed by atoms with E-state index in [4.69, 9.17) is 6.57 Å². The molecule has 2 aromatic heterocycles. The maximum Gasteiger partial charge on any atom is 0.415 e. The van der Waals surface area contributed by atoms with Crippen LogP contribution in [0, 0.1) is 31.8 Å². The third kappa shape index (κ3) is 6.52. The molecule has 0 N–H and O–H groups in total. The molecule has 7 heteroatoms. The third-order valence-corrected chi connectivity index (χ3v) is 12.9. The normalized spacial score (nSPS) is 11.7. The van der Waals surface area contributed by atoms with Crippen molar-refractivity contribution >= 4 is 49.3 Å². The van der Waals surface area contributed by atoms with Crippen molar-refractivity contribution < 1.29 is 13.2 Å². The Balaban J connectivity index is 1.22. The van der Waals surface area contributed by atoms with Crippen LogP contribution in [0.3, 0.4) is 0 Å². The lowest BCUT2D eigenvalue weighted by Gasteiger charge is -2.20. The first-order valence-corrected chi connectivity index (χ1v) is 21.6. The first-order chi connectivity index (χ1) is 32.1. The van der Waals surface area contributed by atoms with E-state index in [0.29, 0.717) is 16.7 Å². The fraction of sp³-hybridized carbons (Fsp3) is 0.0508. The minimum atomic E-state index is -4.60. The Morgan fingerprint density at radius 3 is 1.44 bits per heavy atom. The Labute approximate surface area is 379 Å². The second-order valence-corrected chi connectivity index (χ2v) is 16.7. The monoisotopic (exact) mass is 858 g/mol. The van der Waals surface area contributed by atoms with Gasteiger partial charge in [-0.1, -0.05) is 127 Å². The number of hydrogen-bond acceptors (Lipinski definition) is 1. The Bertz CT molecular complexity index is 3870. The van der Waals surface area contributed by atoms with Crippen molar-refractivity contribution in [1.82, 2.24) is 9.13 Å². The minimum Gasteiger partial charge on any atom is -0.309 e. The van der Waals surface area contributed by atoms with Crippen LogP contribution in [-0.2, 0) is 6.18 Å². The molecule has 0 radical (unpaired) electrons. The van der Waals surface area contributed by atoms with Gasteiger partial charge in [-0.25, -0.2) is 4.85 Å². The first-order valence-electron chi connectivity index (χ1n) is 21.6. The molecule has 0 saturated heterocycles. The van der Waals surface area contributed by atoms with E-state index >= 15 is 0 Å². The minimum absolute atomic E-state index is 0.0944. The van der Waals surface area contributed by atoms with E-state index in [2.05, 4.69) is 125 Å². The number of benzene rings is 9. The molecule has 66 heavy (non-hydrogen) atoms. The summed E-state index contributed by atoms with van der Waals surface area (Å²) in [6.07, 6.45) is -4.60. The van der Waals surface area contributed by atoms with Crippen LogP contribution in [0.15, 0.2) is 188 Å². The molecule has 0 aliphatic carbocycles. The molecule has 11 rings (SSSR count). The van der Waals surface area contributed by atoms with Gasteiger partial charge in [-0.2, -0.15) is 18.4 Å². The highest BCUT2D eigenvalue weighted by molar-refractivity contribution is 6.13. The summed E-state index contributed by atoms with van der Waals surface area (Å²) >= 11 is 0. The molecule has 314 valence electrons. The quantitative estimate of drug-likeness (QED) is 0.154. The van der Waals surface area contributed by atoms with Crippen molar-refractivity contribution in [2.75, 3.05) is 0 Å². The van der Waals surface area contributed by atoms with E-state index < -0.39 is 11.7 Å². The molecule has 0 fully saturated rings. The lowest BCUT2D eigenvalue weighted by Crippen LogP contribution is -2.04. The van der Waals surface area contributed by atoms with E-state index in [9.17, 15) is 18.4 Å². The van der Waals surface area contributed by atoms with Crippen LogP contribution in [-0.4, -0.2) is 9.13 Å². The Morgan fingerprint density at radius 2 is 0.909 bits per heavy atom. The lowest BCUT2D eigenvalue weighted by atomic mass is 9.94. The number of nitriles is 1. The molecule has 0 amide bonds. The maximum absolute atomic E-state index is 14.0. The molecular formula is C59H37F3N4. The largest absolute Gasteiger partial charge is 0.415 e. The number of aromatic nitrogens is 2. The molecule has 4 nitrogen and oxygen atoms in total. The number of rotatable bonds is 6. The van der Waals surface area contributed by atoms with Gasteiger partial charge in [0.1, 0.15) is 0 Å². The van der Waals surface area contributed by atoms with E-state index in [1.54, 1.807) is 0 Å². The summed E-state index contributed by atoms with van der Waals surface area (Å²) in [5.41, 5.74) is 14.3. The van der Waals surface area contributed by atoms with Crippen LogP contribution in [0.2, 0.25) is 0 Å². The van der Waals surface area contributed by atoms with Gasteiger partial charge in [-0.15, -0.1) is 0 Å². The van der Waals surface area contributed by atoms with Crippen molar-refractivity contribution in [3.63, 3.8) is 0 Å². The smallest absolute Gasteiger partial charge is 0.309 e. The molecule has 0 aliphatic rings. The lowest BCUT2D eigenvalue weighted by molar-refractivity contribution is -0.137. The predicted molar refractivity (Wildman–Crippen MR) is 262 cm³/mol. The second kappa shape index (κ2) is 15.6. The fourth-order valence-electron chi connectivity index (χ4n) is 9.76. The van der Waals surface area contributed by atoms with Gasteiger partial charge >= 0.3 is 6.18 Å². The van der Waals surface area contributed by atoms with Gasteiger partial charge in [0.2, 0.25) is 0 Å². The number of fused-ring (bicyclic) bond motifs is 6. The molecule has 0 aliphatic heterocycles. The summed E-state index contributed by atoms with van der Waals surface area (Å²) < 4.78 is 46.4. The molecule has 0 atom stereocenters. The number of hydrogen-bond donors (Lipinski definition) is 0. The van der Waals surface area contributed by atoms with Crippen LogP contribution in [0.25, 0.3) is 104 Å². The molecule has 11 aromatic rings. The molecule has 0 bridgehead atoms. The maximum atomic E-state index is 14.0. The highest BCUT2D eigenvalue weighted by Gasteiger charge is 2.31. The third-order valence-electron chi connectivity index (χ3n) is 12.9. The van der Waals surface area contributed by atoms with Crippen LogP contribution in [0.1, 0.15) is 22.3 Å². The summed E-state index contributed by atoms with van der Waals surface area (Å²) in [6.45, 7) is 12.2. The molecule has 9 aromatic carbocycles. The molecule has 0 saturated carbocycles. The van der Waals surface area contributed by atoms with Crippen molar-refractivity contribution in [2.24, 2.45) is 0 Å². The zero-order valence-corrected chi connectivity index (χ0v) is 35.8. The first kappa shape index (κ1) is 40.1. The fourth-order valence-corrected chi connectivity index (χ4v) is 9.76. The van der Waals surface area contributed by atoms with Gasteiger partial charge in [-0.3, -0.25) is 0 Å². The zero-order chi connectivity index (χ0) is 45.3. The van der Waals surface area contributed by atoms with E-state index in [-0.39, 0.29) is 5.69 Å². The van der Waals surface area contributed by atoms with Gasteiger partial charge in [-0.05, 0) is 119 Å². The van der Waals surface area contributed by atoms with E-state index in [0.717, 1.165) is 106 Å². The standard InChI is InChI=1S/C59H37F3N4/c1-36-12-4-6-14-43(36)39-22-28-55-50(31-39)46-16-8-10-18-53(46)65(55)57-30-38(35-63)20-25-48(57)49-26-21-41(45-27-24-42(59(60,61)62)34-52(45)64-3)33-58(49)66-54-19-11-9-17-47(54)51-32-40(23-29-56(51)66)44-15-7-5-13-37(44)2/h4-34H,1-2H3. The highest BCUT2D eigenvalue weighted by atomic mass is 19.4. The van der Waals surface area contributed by atoms with Gasteiger partial charge in [0.25, 0.3) is 0 Å². The summed E-state index contributed by atoms with van der Waals surface area (Å²) in [5, 5.41) is 14.6. The van der Waals surface area contributed by atoms with E-state index in [1.807, 2.05) is 78.9 Å². The van der Waals surface area contributed by atoms with Crippen molar-refractivity contribution in [1.29, 1.82) is 5.26 Å². The van der Waals surface area contributed by atoms with Crippen molar-refractivity contribution in [3.05, 3.63) is 222 Å². The Hall–Kier alpha value is -8.65. The Morgan fingerprint density at radius 1 is 0.455 bits per heavy atom. The SMILES string of the molecule is [C-]#[N+]c1cc(C(F)(F)F)ccc1-c1ccc(-c2ccc(C#N)cc2-n2c3ccccc3c3cc(-c4ccccc4C)ccc32)c(-n2c3ccccc3c3cc(-c4ccccc4C)ccc32)c1. The van der Waals surface area contributed by atoms with Crippen LogP contribution >= 0.6 is 0 Å². The molecule has 0 unspecified atom stereocenters. The number of alkyl halides is 3.